The molecule has 1 aromatic heterocycles. The molecule has 3 nitrogen and oxygen atoms in total. The van der Waals surface area contributed by atoms with Gasteiger partial charge in [0.05, 0.1) is 17.1 Å². The molecule has 12 heavy (non-hydrogen) atoms. The first-order valence-electron chi connectivity index (χ1n) is 3.87. The van der Waals surface area contributed by atoms with Gasteiger partial charge in [0.1, 0.15) is 6.33 Å². The molecule has 0 saturated carbocycles. The topological polar surface area (TPSA) is 51.8 Å². The zero-order valence-electron chi connectivity index (χ0n) is 7.37. The smallest absolute Gasteiger partial charge is 0.116 e. The lowest BCUT2D eigenvalue weighted by molar-refractivity contribution is 0.944. The van der Waals surface area contributed by atoms with Gasteiger partial charge in [0.15, 0.2) is 0 Å². The molecular weight excluding hydrogens is 174 g/mol. The Morgan fingerprint density at radius 3 is 1.92 bits per heavy atom. The maximum atomic E-state index is 5.78. The maximum absolute atomic E-state index is 5.78. The van der Waals surface area contributed by atoms with Crippen molar-refractivity contribution in [2.45, 2.75) is 26.7 Å². The Kier molecular flexibility index (Phi) is 4.59. The normalized spacial score (nSPS) is 9.17. The number of aromatic nitrogens is 2. The van der Waals surface area contributed by atoms with Crippen molar-refractivity contribution in [2.75, 3.05) is 5.73 Å². The third-order valence-electron chi connectivity index (χ3n) is 1.72. The third kappa shape index (κ3) is 2.08. The Morgan fingerprint density at radius 1 is 1.17 bits per heavy atom. The van der Waals surface area contributed by atoms with E-state index < -0.39 is 0 Å². The van der Waals surface area contributed by atoms with Gasteiger partial charge in [0.2, 0.25) is 0 Å². The molecule has 0 aliphatic heterocycles. The highest BCUT2D eigenvalue weighted by Gasteiger charge is 2.02. The summed E-state index contributed by atoms with van der Waals surface area (Å²) in [7, 11) is 0. The minimum atomic E-state index is 0. The van der Waals surface area contributed by atoms with E-state index in [2.05, 4.69) is 9.97 Å². The monoisotopic (exact) mass is 187 g/mol. The second kappa shape index (κ2) is 4.93. The number of halogens is 1. The van der Waals surface area contributed by atoms with Crippen LogP contribution in [0, 0.1) is 0 Å². The van der Waals surface area contributed by atoms with Gasteiger partial charge in [-0.3, -0.25) is 0 Å². The average molecular weight is 188 g/mol. The number of hydrogen-bond donors (Lipinski definition) is 1. The molecule has 0 fully saturated rings. The van der Waals surface area contributed by atoms with Gasteiger partial charge in [0, 0.05) is 0 Å². The molecule has 1 aromatic rings. The quantitative estimate of drug-likeness (QED) is 0.766. The Bertz CT molecular complexity index is 228. The number of anilines is 1. The summed E-state index contributed by atoms with van der Waals surface area (Å²) >= 11 is 0. The van der Waals surface area contributed by atoms with Crippen molar-refractivity contribution in [3.63, 3.8) is 0 Å². The molecule has 0 saturated heterocycles. The van der Waals surface area contributed by atoms with E-state index >= 15 is 0 Å². The van der Waals surface area contributed by atoms with Crippen LogP contribution in [0.5, 0.6) is 0 Å². The first-order valence-corrected chi connectivity index (χ1v) is 3.87. The maximum Gasteiger partial charge on any atom is 0.116 e. The van der Waals surface area contributed by atoms with Gasteiger partial charge < -0.3 is 5.73 Å². The summed E-state index contributed by atoms with van der Waals surface area (Å²) in [5.74, 6) is 0. The average Bonchev–Trinajstić information content (AvgIpc) is 2.05. The zero-order chi connectivity index (χ0) is 8.27. The van der Waals surface area contributed by atoms with E-state index in [0.717, 1.165) is 29.9 Å². The number of nitrogens with zero attached hydrogens (tertiary/aromatic N) is 2. The van der Waals surface area contributed by atoms with Crippen molar-refractivity contribution >= 4 is 18.1 Å². The van der Waals surface area contributed by atoms with Gasteiger partial charge in [-0.25, -0.2) is 9.97 Å². The zero-order valence-corrected chi connectivity index (χ0v) is 8.19. The van der Waals surface area contributed by atoms with E-state index in [1.165, 1.54) is 0 Å². The highest BCUT2D eigenvalue weighted by molar-refractivity contribution is 5.85. The molecule has 0 atom stereocenters. The summed E-state index contributed by atoms with van der Waals surface area (Å²) in [4.78, 5) is 8.14. The first-order chi connectivity index (χ1) is 5.29. The van der Waals surface area contributed by atoms with E-state index in [-0.39, 0.29) is 12.4 Å². The largest absolute Gasteiger partial charge is 0.396 e. The summed E-state index contributed by atoms with van der Waals surface area (Å²) in [6.45, 7) is 4.08. The minimum absolute atomic E-state index is 0. The van der Waals surface area contributed by atoms with Crippen LogP contribution in [0.1, 0.15) is 25.2 Å². The molecule has 0 aromatic carbocycles. The van der Waals surface area contributed by atoms with E-state index in [1.54, 1.807) is 6.33 Å². The van der Waals surface area contributed by atoms with Crippen LogP contribution in [0.25, 0.3) is 0 Å². The standard InChI is InChI=1S/C8H13N3.ClH/c1-3-6-8(9)7(4-2)11-5-10-6;/h5H,3-4,9H2,1-2H3;1H. The summed E-state index contributed by atoms with van der Waals surface area (Å²) in [6, 6.07) is 0. The Labute approximate surface area is 78.8 Å². The van der Waals surface area contributed by atoms with Crippen LogP contribution in [0.2, 0.25) is 0 Å². The molecule has 0 radical (unpaired) electrons. The van der Waals surface area contributed by atoms with Gasteiger partial charge in [-0.1, -0.05) is 13.8 Å². The molecule has 0 spiro atoms. The lowest BCUT2D eigenvalue weighted by Gasteiger charge is -2.04. The predicted octanol–water partition coefficient (Wildman–Crippen LogP) is 1.61. The number of nitrogen functional groups attached to an aromatic ring is 1. The molecule has 1 rings (SSSR count). The fourth-order valence-corrected chi connectivity index (χ4v) is 1.04. The van der Waals surface area contributed by atoms with Crippen LogP contribution in [0.15, 0.2) is 6.33 Å². The van der Waals surface area contributed by atoms with Crippen molar-refractivity contribution in [3.8, 4) is 0 Å². The van der Waals surface area contributed by atoms with Crippen LogP contribution < -0.4 is 5.73 Å². The van der Waals surface area contributed by atoms with Crippen molar-refractivity contribution in [2.24, 2.45) is 0 Å². The fraction of sp³-hybridized carbons (Fsp3) is 0.500. The molecule has 0 aliphatic rings. The van der Waals surface area contributed by atoms with Crippen LogP contribution in [0.3, 0.4) is 0 Å². The van der Waals surface area contributed by atoms with Crippen molar-refractivity contribution < 1.29 is 0 Å². The van der Waals surface area contributed by atoms with Crippen molar-refractivity contribution in [3.05, 3.63) is 17.7 Å². The Morgan fingerprint density at radius 2 is 1.58 bits per heavy atom. The lowest BCUT2D eigenvalue weighted by atomic mass is 10.2. The summed E-state index contributed by atoms with van der Waals surface area (Å²) < 4.78 is 0. The number of nitrogens with two attached hydrogens (primary N) is 1. The highest BCUT2D eigenvalue weighted by atomic mass is 35.5. The molecule has 68 valence electrons. The van der Waals surface area contributed by atoms with Crippen LogP contribution in [-0.4, -0.2) is 9.97 Å². The van der Waals surface area contributed by atoms with E-state index in [0.29, 0.717) is 0 Å². The van der Waals surface area contributed by atoms with Crippen LogP contribution in [-0.2, 0) is 12.8 Å². The molecule has 2 N–H and O–H groups in total. The molecule has 0 aliphatic carbocycles. The van der Waals surface area contributed by atoms with Crippen LogP contribution >= 0.6 is 12.4 Å². The first kappa shape index (κ1) is 11.2. The van der Waals surface area contributed by atoms with Gasteiger partial charge in [-0.15, -0.1) is 12.4 Å². The molecule has 1 heterocycles. The number of hydrogen-bond acceptors (Lipinski definition) is 3. The minimum Gasteiger partial charge on any atom is -0.396 e. The van der Waals surface area contributed by atoms with Gasteiger partial charge >= 0.3 is 0 Å². The summed E-state index contributed by atoms with van der Waals surface area (Å²) in [5.41, 5.74) is 8.45. The lowest BCUT2D eigenvalue weighted by Crippen LogP contribution is -2.03. The second-order valence-electron chi connectivity index (χ2n) is 2.39. The van der Waals surface area contributed by atoms with Gasteiger partial charge in [-0.2, -0.15) is 0 Å². The molecule has 0 amide bonds. The highest BCUT2D eigenvalue weighted by Crippen LogP contribution is 2.12. The van der Waals surface area contributed by atoms with Crippen molar-refractivity contribution in [1.29, 1.82) is 0 Å². The van der Waals surface area contributed by atoms with Gasteiger partial charge in [0.25, 0.3) is 0 Å². The van der Waals surface area contributed by atoms with Crippen molar-refractivity contribution in [1.82, 2.24) is 9.97 Å². The SMILES string of the molecule is CCc1ncnc(CC)c1N.Cl. The predicted molar refractivity (Wildman–Crippen MR) is 52.4 cm³/mol. The van der Waals surface area contributed by atoms with Gasteiger partial charge in [-0.05, 0) is 12.8 Å². The summed E-state index contributed by atoms with van der Waals surface area (Å²) in [5, 5.41) is 0. The Balaban J connectivity index is 0.00000121. The van der Waals surface area contributed by atoms with Crippen LogP contribution in [0.4, 0.5) is 5.69 Å². The van der Waals surface area contributed by atoms with E-state index in [4.69, 9.17) is 5.73 Å². The second-order valence-corrected chi connectivity index (χ2v) is 2.39. The van der Waals surface area contributed by atoms with E-state index in [9.17, 15) is 0 Å². The summed E-state index contributed by atoms with van der Waals surface area (Å²) in [6.07, 6.45) is 3.33. The molecule has 0 bridgehead atoms. The third-order valence-corrected chi connectivity index (χ3v) is 1.72. The molecular formula is C8H14ClN3. The fourth-order valence-electron chi connectivity index (χ4n) is 1.04. The number of rotatable bonds is 2. The Hall–Kier alpha value is -0.830. The number of aryl methyl sites for hydroxylation is 2. The van der Waals surface area contributed by atoms with E-state index in [1.807, 2.05) is 13.8 Å². The molecule has 4 heteroatoms. The molecule has 0 unspecified atom stereocenters.